The molecule has 0 N–H and O–H groups in total. The molecule has 0 aromatic rings. The minimum atomic E-state index is -0.898. The van der Waals surface area contributed by atoms with Crippen LogP contribution in [-0.4, -0.2) is 24.3 Å². The van der Waals surface area contributed by atoms with Crippen LogP contribution in [0.3, 0.4) is 0 Å². The lowest BCUT2D eigenvalue weighted by Gasteiger charge is -2.48. The van der Waals surface area contributed by atoms with E-state index >= 15 is 0 Å². The fraction of sp³-hybridized carbons (Fsp3) is 1.00. The molecule has 1 saturated carbocycles. The molecule has 1 aliphatic carbocycles. The molecule has 3 nitrogen and oxygen atoms in total. The molecule has 0 aliphatic heterocycles. The molecule has 1 atom stereocenters. The predicted molar refractivity (Wildman–Crippen MR) is 110 cm³/mol. The second kappa shape index (κ2) is 12.4. The molecule has 0 radical (unpaired) electrons. The van der Waals surface area contributed by atoms with Gasteiger partial charge in [-0.1, -0.05) is 51.9 Å². The van der Waals surface area contributed by atoms with Gasteiger partial charge >= 0.3 is 0 Å². The van der Waals surface area contributed by atoms with Gasteiger partial charge in [0.1, 0.15) is 0 Å². The van der Waals surface area contributed by atoms with Gasteiger partial charge in [-0.2, -0.15) is 0 Å². The zero-order valence-electron chi connectivity index (χ0n) is 18.7. The molecule has 1 fully saturated rings. The van der Waals surface area contributed by atoms with Crippen molar-refractivity contribution in [1.82, 2.24) is 0 Å². The van der Waals surface area contributed by atoms with E-state index in [0.717, 1.165) is 6.42 Å². The first-order chi connectivity index (χ1) is 12.3. The minimum absolute atomic E-state index is 0.0830. The molecule has 1 aliphatic rings. The molecule has 0 bridgehead atoms. The molecule has 0 saturated heterocycles. The van der Waals surface area contributed by atoms with Crippen LogP contribution in [0.4, 0.5) is 0 Å². The SMILES string of the molecule is CCCCCCCCC(C1CCC1)C(OC(C)C)(OC(C)C)OC(C)C. The first kappa shape index (κ1) is 23.9. The van der Waals surface area contributed by atoms with E-state index < -0.39 is 5.97 Å². The lowest BCUT2D eigenvalue weighted by Crippen LogP contribution is -2.54. The minimum Gasteiger partial charge on any atom is -0.324 e. The van der Waals surface area contributed by atoms with Gasteiger partial charge in [-0.3, -0.25) is 0 Å². The van der Waals surface area contributed by atoms with Crippen LogP contribution in [-0.2, 0) is 14.2 Å². The van der Waals surface area contributed by atoms with Crippen LogP contribution in [0.2, 0.25) is 0 Å². The maximum Gasteiger partial charge on any atom is 0.286 e. The normalized spacial score (nSPS) is 17.3. The Hall–Kier alpha value is -0.120. The topological polar surface area (TPSA) is 27.7 Å². The van der Waals surface area contributed by atoms with E-state index in [1.807, 2.05) is 0 Å². The van der Waals surface area contributed by atoms with Gasteiger partial charge in [-0.15, -0.1) is 0 Å². The van der Waals surface area contributed by atoms with E-state index in [2.05, 4.69) is 48.5 Å². The van der Waals surface area contributed by atoms with Crippen LogP contribution in [0.5, 0.6) is 0 Å². The summed E-state index contributed by atoms with van der Waals surface area (Å²) < 4.78 is 19.3. The Morgan fingerprint density at radius 2 is 1.19 bits per heavy atom. The molecule has 0 aromatic heterocycles. The first-order valence-electron chi connectivity index (χ1n) is 11.3. The van der Waals surface area contributed by atoms with Crippen molar-refractivity contribution in [3.63, 3.8) is 0 Å². The van der Waals surface area contributed by atoms with Crippen molar-refractivity contribution in [2.45, 2.75) is 137 Å². The maximum absolute atomic E-state index is 6.43. The Kier molecular flexibility index (Phi) is 11.4. The van der Waals surface area contributed by atoms with Gasteiger partial charge in [-0.05, 0) is 66.7 Å². The number of rotatable bonds is 15. The smallest absolute Gasteiger partial charge is 0.286 e. The third kappa shape index (κ3) is 8.27. The van der Waals surface area contributed by atoms with Crippen LogP contribution >= 0.6 is 0 Å². The third-order valence-electron chi connectivity index (χ3n) is 5.24. The maximum atomic E-state index is 6.43. The van der Waals surface area contributed by atoms with Crippen molar-refractivity contribution < 1.29 is 14.2 Å². The largest absolute Gasteiger partial charge is 0.324 e. The molecule has 0 heterocycles. The molecule has 0 amide bonds. The van der Waals surface area contributed by atoms with E-state index in [9.17, 15) is 0 Å². The van der Waals surface area contributed by atoms with Crippen LogP contribution < -0.4 is 0 Å². The quantitative estimate of drug-likeness (QED) is 0.228. The zero-order valence-corrected chi connectivity index (χ0v) is 18.7. The predicted octanol–water partition coefficient (Wildman–Crippen LogP) is 7.08. The molecule has 1 unspecified atom stereocenters. The van der Waals surface area contributed by atoms with E-state index in [1.165, 1.54) is 57.8 Å². The van der Waals surface area contributed by atoms with Crippen molar-refractivity contribution >= 4 is 0 Å². The van der Waals surface area contributed by atoms with Crippen LogP contribution in [0.25, 0.3) is 0 Å². The van der Waals surface area contributed by atoms with Crippen molar-refractivity contribution in [3.8, 4) is 0 Å². The summed E-state index contributed by atoms with van der Waals surface area (Å²) in [7, 11) is 0. The van der Waals surface area contributed by atoms with E-state index in [1.54, 1.807) is 0 Å². The van der Waals surface area contributed by atoms with E-state index in [-0.39, 0.29) is 18.3 Å². The lowest BCUT2D eigenvalue weighted by molar-refractivity contribution is -0.439. The van der Waals surface area contributed by atoms with Crippen LogP contribution in [0, 0.1) is 11.8 Å². The molecule has 0 spiro atoms. The van der Waals surface area contributed by atoms with Gasteiger partial charge in [0.05, 0.1) is 18.3 Å². The molecular formula is C23H46O3. The highest BCUT2D eigenvalue weighted by Crippen LogP contribution is 2.45. The zero-order chi connectivity index (χ0) is 19.6. The highest BCUT2D eigenvalue weighted by Gasteiger charge is 2.49. The number of ether oxygens (including phenoxy) is 3. The number of unbranched alkanes of at least 4 members (excludes halogenated alkanes) is 5. The number of hydrogen-bond donors (Lipinski definition) is 0. The van der Waals surface area contributed by atoms with Gasteiger partial charge in [-0.25, -0.2) is 0 Å². The Morgan fingerprint density at radius 1 is 0.731 bits per heavy atom. The number of hydrogen-bond acceptors (Lipinski definition) is 3. The fourth-order valence-corrected chi connectivity index (χ4v) is 4.02. The highest BCUT2D eigenvalue weighted by molar-refractivity contribution is 4.85. The summed E-state index contributed by atoms with van der Waals surface area (Å²) in [5.41, 5.74) is 0. The summed E-state index contributed by atoms with van der Waals surface area (Å²) in [6.45, 7) is 14.8. The van der Waals surface area contributed by atoms with Gasteiger partial charge in [0.15, 0.2) is 0 Å². The van der Waals surface area contributed by atoms with Gasteiger partial charge in [0.2, 0.25) is 0 Å². The lowest BCUT2D eigenvalue weighted by atomic mass is 9.72. The molecule has 1 rings (SSSR count). The Bertz CT molecular complexity index is 321. The average molecular weight is 371 g/mol. The van der Waals surface area contributed by atoms with E-state index in [4.69, 9.17) is 14.2 Å². The van der Waals surface area contributed by atoms with Crippen molar-refractivity contribution in [1.29, 1.82) is 0 Å². The second-order valence-electron chi connectivity index (χ2n) is 8.96. The fourth-order valence-electron chi connectivity index (χ4n) is 4.02. The summed E-state index contributed by atoms with van der Waals surface area (Å²) >= 11 is 0. The van der Waals surface area contributed by atoms with E-state index in [0.29, 0.717) is 11.8 Å². The standard InChI is InChI=1S/C23H46O3/c1-8-9-10-11-12-13-17-22(21-15-14-16-21)23(24-18(2)3,25-19(4)5)26-20(6)7/h18-22H,8-17H2,1-7H3. The first-order valence-corrected chi connectivity index (χ1v) is 11.3. The van der Waals surface area contributed by atoms with Gasteiger partial charge in [0, 0.05) is 5.92 Å². The summed E-state index contributed by atoms with van der Waals surface area (Å²) in [5.74, 6) is 0.0990. The summed E-state index contributed by atoms with van der Waals surface area (Å²) in [5, 5.41) is 0. The van der Waals surface area contributed by atoms with Crippen molar-refractivity contribution in [2.75, 3.05) is 0 Å². The average Bonchev–Trinajstić information content (AvgIpc) is 2.45. The molecule has 3 heteroatoms. The second-order valence-corrected chi connectivity index (χ2v) is 8.96. The molecule has 0 aromatic carbocycles. The molecule has 156 valence electrons. The third-order valence-corrected chi connectivity index (χ3v) is 5.24. The summed E-state index contributed by atoms with van der Waals surface area (Å²) in [6.07, 6.45) is 13.2. The Morgan fingerprint density at radius 3 is 1.58 bits per heavy atom. The van der Waals surface area contributed by atoms with Crippen LogP contribution in [0.15, 0.2) is 0 Å². The van der Waals surface area contributed by atoms with Crippen molar-refractivity contribution in [3.05, 3.63) is 0 Å². The monoisotopic (exact) mass is 370 g/mol. The van der Waals surface area contributed by atoms with Gasteiger partial charge < -0.3 is 14.2 Å². The van der Waals surface area contributed by atoms with Crippen LogP contribution in [0.1, 0.15) is 113 Å². The molecule has 26 heavy (non-hydrogen) atoms. The van der Waals surface area contributed by atoms with Crippen molar-refractivity contribution in [2.24, 2.45) is 11.8 Å². The Labute approximate surface area is 163 Å². The molecular weight excluding hydrogens is 324 g/mol. The van der Waals surface area contributed by atoms with Gasteiger partial charge in [0.25, 0.3) is 5.97 Å². The Balaban J connectivity index is 2.87. The summed E-state index contributed by atoms with van der Waals surface area (Å²) in [4.78, 5) is 0. The summed E-state index contributed by atoms with van der Waals surface area (Å²) in [6, 6.07) is 0. The highest BCUT2D eigenvalue weighted by atomic mass is 16.9.